The van der Waals surface area contributed by atoms with Gasteiger partial charge in [0.2, 0.25) is 0 Å². The van der Waals surface area contributed by atoms with Gasteiger partial charge in [-0.2, -0.15) is 0 Å². The third-order valence-electron chi connectivity index (χ3n) is 5.57. The van der Waals surface area contributed by atoms with Gasteiger partial charge in [0.1, 0.15) is 18.5 Å². The first-order valence-corrected chi connectivity index (χ1v) is 11.7. The number of hydrogen-bond donors (Lipinski definition) is 4. The first kappa shape index (κ1) is 23.0. The highest BCUT2D eigenvalue weighted by Crippen LogP contribution is 2.33. The summed E-state index contributed by atoms with van der Waals surface area (Å²) in [6, 6.07) is 17.0. The van der Waals surface area contributed by atoms with Gasteiger partial charge in [0, 0.05) is 39.6 Å². The number of hydrogen-bond acceptors (Lipinski definition) is 5. The number of aliphatic hydroxyl groups excluding tert-OH is 1. The Labute approximate surface area is 196 Å². The average Bonchev–Trinajstić information content (AvgIpc) is 3.46. The first-order valence-electron chi connectivity index (χ1n) is 10.8. The van der Waals surface area contributed by atoms with E-state index in [-0.39, 0.29) is 17.7 Å². The molecule has 0 bridgehead atoms. The number of benzene rings is 2. The van der Waals surface area contributed by atoms with Crippen molar-refractivity contribution < 1.29 is 19.7 Å². The van der Waals surface area contributed by atoms with Crippen molar-refractivity contribution >= 4 is 28.2 Å². The smallest absolute Gasteiger partial charge is 0.335 e. The maximum Gasteiger partial charge on any atom is 0.335 e. The van der Waals surface area contributed by atoms with Crippen LogP contribution in [0.2, 0.25) is 0 Å². The lowest BCUT2D eigenvalue weighted by Gasteiger charge is -2.28. The molecule has 2 heterocycles. The zero-order valence-corrected chi connectivity index (χ0v) is 19.5. The Kier molecular flexibility index (Phi) is 6.83. The summed E-state index contributed by atoms with van der Waals surface area (Å²) in [5, 5.41) is 26.2. The van der Waals surface area contributed by atoms with E-state index in [1.165, 1.54) is 0 Å². The van der Waals surface area contributed by atoms with Gasteiger partial charge >= 0.3 is 5.97 Å². The third kappa shape index (κ3) is 5.63. The summed E-state index contributed by atoms with van der Waals surface area (Å²) >= 11 is 1.66. The van der Waals surface area contributed by atoms with Gasteiger partial charge in [0.15, 0.2) is 0 Å². The van der Waals surface area contributed by atoms with E-state index in [0.717, 1.165) is 32.7 Å². The minimum atomic E-state index is -0.940. The van der Waals surface area contributed by atoms with Gasteiger partial charge < -0.3 is 25.3 Å². The number of thiophene rings is 1. The Hall–Kier alpha value is -3.13. The molecule has 1 atom stereocenters. The molecule has 4 aromatic rings. The molecule has 0 spiro atoms. The van der Waals surface area contributed by atoms with Gasteiger partial charge in [-0.05, 0) is 61.5 Å². The number of nitrogens with one attached hydrogen (secondary N) is 2. The molecule has 172 valence electrons. The van der Waals surface area contributed by atoms with Crippen molar-refractivity contribution in [1.29, 1.82) is 0 Å². The van der Waals surface area contributed by atoms with Crippen molar-refractivity contribution in [3.8, 4) is 16.2 Å². The number of aliphatic hydroxyl groups is 1. The number of rotatable bonds is 10. The Balaban J connectivity index is 1.33. The molecule has 4 rings (SSSR count). The Bertz CT molecular complexity index is 1230. The molecule has 0 amide bonds. The zero-order chi connectivity index (χ0) is 23.4. The molecular formula is C26H28N2O4S. The predicted octanol–water partition coefficient (Wildman–Crippen LogP) is 4.95. The van der Waals surface area contributed by atoms with Crippen molar-refractivity contribution in [2.45, 2.75) is 31.9 Å². The van der Waals surface area contributed by atoms with Crippen molar-refractivity contribution in [2.24, 2.45) is 0 Å². The highest BCUT2D eigenvalue weighted by atomic mass is 32.1. The molecule has 2 aromatic carbocycles. The van der Waals surface area contributed by atoms with Gasteiger partial charge in [0.05, 0.1) is 5.56 Å². The number of fused-ring (bicyclic) bond motifs is 1. The number of ether oxygens (including phenoxy) is 1. The molecule has 6 nitrogen and oxygen atoms in total. The zero-order valence-electron chi connectivity index (χ0n) is 18.7. The van der Waals surface area contributed by atoms with Gasteiger partial charge in [-0.25, -0.2) is 4.79 Å². The van der Waals surface area contributed by atoms with Gasteiger partial charge in [-0.15, -0.1) is 11.3 Å². The Morgan fingerprint density at radius 2 is 2.00 bits per heavy atom. The monoisotopic (exact) mass is 464 g/mol. The molecule has 33 heavy (non-hydrogen) atoms. The fourth-order valence-electron chi connectivity index (χ4n) is 3.87. The normalized spacial score (nSPS) is 12.7. The molecule has 4 N–H and O–H groups in total. The van der Waals surface area contributed by atoms with Gasteiger partial charge in [0.25, 0.3) is 0 Å². The van der Waals surface area contributed by atoms with Gasteiger partial charge in [-0.1, -0.05) is 24.3 Å². The lowest BCUT2D eigenvalue weighted by molar-refractivity contribution is 0.0697. The van der Waals surface area contributed by atoms with Crippen molar-refractivity contribution in [1.82, 2.24) is 10.3 Å². The minimum Gasteiger partial charge on any atom is -0.490 e. The molecule has 2 aromatic heterocycles. The molecular weight excluding hydrogens is 436 g/mol. The van der Waals surface area contributed by atoms with Crippen LogP contribution in [-0.4, -0.2) is 46.0 Å². The molecule has 0 unspecified atom stereocenters. The average molecular weight is 465 g/mol. The minimum absolute atomic E-state index is 0.191. The molecule has 0 saturated heterocycles. The number of carboxylic acids is 1. The summed E-state index contributed by atoms with van der Waals surface area (Å²) in [5.74, 6) is -0.179. The number of H-pyrrole nitrogens is 1. The Morgan fingerprint density at radius 1 is 1.18 bits per heavy atom. The lowest BCUT2D eigenvalue weighted by atomic mass is 9.94. The van der Waals surface area contributed by atoms with Crippen LogP contribution < -0.4 is 10.1 Å². The number of aromatic nitrogens is 1. The van der Waals surface area contributed by atoms with Crippen LogP contribution in [0, 0.1) is 0 Å². The molecule has 0 aliphatic carbocycles. The van der Waals surface area contributed by atoms with Crippen molar-refractivity contribution in [3.05, 3.63) is 77.3 Å². The second-order valence-corrected chi connectivity index (χ2v) is 9.71. The summed E-state index contributed by atoms with van der Waals surface area (Å²) in [5.41, 5.74) is 2.90. The number of para-hydroxylation sites is 1. The highest BCUT2D eigenvalue weighted by Gasteiger charge is 2.22. The maximum absolute atomic E-state index is 11.2. The van der Waals surface area contributed by atoms with Crippen LogP contribution in [0.1, 0.15) is 29.8 Å². The summed E-state index contributed by atoms with van der Waals surface area (Å²) in [7, 11) is 0. The molecule has 0 saturated carbocycles. The lowest BCUT2D eigenvalue weighted by Crippen LogP contribution is -2.46. The van der Waals surface area contributed by atoms with Crippen LogP contribution in [-0.2, 0) is 6.42 Å². The summed E-state index contributed by atoms with van der Waals surface area (Å²) in [4.78, 5) is 15.5. The van der Waals surface area contributed by atoms with Crippen LogP contribution in [0.5, 0.6) is 5.75 Å². The number of aromatic carboxylic acids is 1. The van der Waals surface area contributed by atoms with Crippen molar-refractivity contribution in [2.75, 3.05) is 13.2 Å². The van der Waals surface area contributed by atoms with E-state index in [9.17, 15) is 15.0 Å². The standard InChI is InChI=1S/C26H28N2O4S/c1-26(2,13-18-14-27-22-12-17(25(30)31)9-10-20(18)22)28-15-19(29)16-32-23-7-4-3-6-21(23)24-8-5-11-33-24/h3-12,14,19,27-29H,13,15-16H2,1-2H3,(H,30,31)/t19-/m0/s1. The summed E-state index contributed by atoms with van der Waals surface area (Å²) in [6.07, 6.45) is 1.97. The quantitative estimate of drug-likeness (QED) is 0.267. The van der Waals surface area contributed by atoms with E-state index in [0.29, 0.717) is 13.0 Å². The first-order chi connectivity index (χ1) is 15.8. The van der Waals surface area contributed by atoms with Crippen LogP contribution in [0.15, 0.2) is 66.2 Å². The highest BCUT2D eigenvalue weighted by molar-refractivity contribution is 7.13. The number of β-amino-alcohol motifs (C(OH)–C–C–N with tert-alkyl or cyclic N) is 1. The molecule has 0 fully saturated rings. The largest absolute Gasteiger partial charge is 0.490 e. The topological polar surface area (TPSA) is 94.6 Å². The summed E-state index contributed by atoms with van der Waals surface area (Å²) < 4.78 is 5.95. The van der Waals surface area contributed by atoms with Crippen molar-refractivity contribution in [3.63, 3.8) is 0 Å². The fourth-order valence-corrected chi connectivity index (χ4v) is 4.63. The van der Waals surface area contributed by atoms with E-state index in [1.807, 2.05) is 48.0 Å². The number of aromatic amines is 1. The van der Waals surface area contributed by atoms with Crippen LogP contribution in [0.3, 0.4) is 0 Å². The fraction of sp³-hybridized carbons (Fsp3) is 0.269. The Morgan fingerprint density at radius 3 is 2.76 bits per heavy atom. The van der Waals surface area contributed by atoms with Crippen LogP contribution >= 0.6 is 11.3 Å². The predicted molar refractivity (Wildman–Crippen MR) is 132 cm³/mol. The van der Waals surface area contributed by atoms with E-state index >= 15 is 0 Å². The second kappa shape index (κ2) is 9.79. The maximum atomic E-state index is 11.2. The SMILES string of the molecule is CC(C)(Cc1c[nH]c2cc(C(=O)O)ccc12)NC[C@H](O)COc1ccccc1-c1cccs1. The van der Waals surface area contributed by atoms with E-state index in [4.69, 9.17) is 4.74 Å². The number of carbonyl (C=O) groups is 1. The third-order valence-corrected chi connectivity index (χ3v) is 6.47. The second-order valence-electron chi connectivity index (χ2n) is 8.76. The molecule has 0 aliphatic heterocycles. The van der Waals surface area contributed by atoms with Crippen LogP contribution in [0.4, 0.5) is 0 Å². The van der Waals surface area contributed by atoms with Gasteiger partial charge in [-0.3, -0.25) is 0 Å². The molecule has 0 radical (unpaired) electrons. The summed E-state index contributed by atoms with van der Waals surface area (Å²) in [6.45, 7) is 4.74. The van der Waals surface area contributed by atoms with E-state index in [1.54, 1.807) is 23.5 Å². The molecule has 0 aliphatic rings. The van der Waals surface area contributed by atoms with Crippen LogP contribution in [0.25, 0.3) is 21.3 Å². The van der Waals surface area contributed by atoms with E-state index in [2.05, 4.69) is 30.2 Å². The molecule has 7 heteroatoms. The number of carboxylic acid groups (broad SMARTS) is 1. The van der Waals surface area contributed by atoms with E-state index < -0.39 is 12.1 Å².